The number of carbonyl (C=O) groups excluding carboxylic acids is 1. The number of thiophene rings is 1. The van der Waals surface area contributed by atoms with Crippen LogP contribution in [-0.4, -0.2) is 36.5 Å². The Labute approximate surface area is 107 Å². The SMILES string of the molecule is NC(=O)C1CNCCN1Cc1csc(Br)c1. The van der Waals surface area contributed by atoms with E-state index < -0.39 is 0 Å². The molecule has 16 heavy (non-hydrogen) atoms. The highest BCUT2D eigenvalue weighted by Crippen LogP contribution is 2.22. The van der Waals surface area contributed by atoms with Crippen LogP contribution in [0.5, 0.6) is 0 Å². The topological polar surface area (TPSA) is 58.4 Å². The smallest absolute Gasteiger partial charge is 0.236 e. The van der Waals surface area contributed by atoms with Crippen LogP contribution in [0.2, 0.25) is 0 Å². The van der Waals surface area contributed by atoms with Gasteiger partial charge in [0.25, 0.3) is 0 Å². The van der Waals surface area contributed by atoms with E-state index in [0.717, 1.165) is 23.4 Å². The molecule has 88 valence electrons. The van der Waals surface area contributed by atoms with E-state index in [1.54, 1.807) is 11.3 Å². The molecule has 1 unspecified atom stereocenters. The number of piperazine rings is 1. The van der Waals surface area contributed by atoms with Crippen LogP contribution in [0.1, 0.15) is 5.56 Å². The molecule has 0 spiro atoms. The highest BCUT2D eigenvalue weighted by molar-refractivity contribution is 9.11. The lowest BCUT2D eigenvalue weighted by atomic mass is 10.1. The second-order valence-corrected chi connectivity index (χ2v) is 6.14. The summed E-state index contributed by atoms with van der Waals surface area (Å²) in [7, 11) is 0. The van der Waals surface area contributed by atoms with Gasteiger partial charge < -0.3 is 11.1 Å². The number of primary amides is 1. The molecule has 0 radical (unpaired) electrons. The lowest BCUT2D eigenvalue weighted by Crippen LogP contribution is -2.56. The lowest BCUT2D eigenvalue weighted by molar-refractivity contribution is -0.124. The monoisotopic (exact) mass is 303 g/mol. The number of amides is 1. The fraction of sp³-hybridized carbons (Fsp3) is 0.500. The zero-order valence-electron chi connectivity index (χ0n) is 8.78. The van der Waals surface area contributed by atoms with Crippen molar-refractivity contribution in [3.63, 3.8) is 0 Å². The van der Waals surface area contributed by atoms with Crippen LogP contribution in [0.4, 0.5) is 0 Å². The Morgan fingerprint density at radius 3 is 3.19 bits per heavy atom. The second kappa shape index (κ2) is 5.27. The zero-order valence-corrected chi connectivity index (χ0v) is 11.2. The van der Waals surface area contributed by atoms with Crippen molar-refractivity contribution in [3.8, 4) is 0 Å². The van der Waals surface area contributed by atoms with Gasteiger partial charge in [-0.05, 0) is 32.9 Å². The van der Waals surface area contributed by atoms with E-state index >= 15 is 0 Å². The molecule has 2 heterocycles. The van der Waals surface area contributed by atoms with Crippen LogP contribution in [0.15, 0.2) is 15.2 Å². The summed E-state index contributed by atoms with van der Waals surface area (Å²) in [5, 5.41) is 5.29. The number of hydrogen-bond donors (Lipinski definition) is 2. The fourth-order valence-corrected chi connectivity index (χ4v) is 3.08. The molecule has 2 rings (SSSR count). The minimum absolute atomic E-state index is 0.188. The molecule has 3 N–H and O–H groups in total. The number of hydrogen-bond acceptors (Lipinski definition) is 4. The molecule has 1 aliphatic heterocycles. The third kappa shape index (κ3) is 2.82. The minimum atomic E-state index is -0.249. The minimum Gasteiger partial charge on any atom is -0.368 e. The van der Waals surface area contributed by atoms with Crippen LogP contribution < -0.4 is 11.1 Å². The molecule has 1 saturated heterocycles. The maximum Gasteiger partial charge on any atom is 0.236 e. The molecule has 0 aliphatic carbocycles. The maximum atomic E-state index is 11.3. The normalized spacial score (nSPS) is 22.2. The van der Waals surface area contributed by atoms with Crippen molar-refractivity contribution in [2.45, 2.75) is 12.6 Å². The zero-order chi connectivity index (χ0) is 11.5. The van der Waals surface area contributed by atoms with Crippen LogP contribution in [-0.2, 0) is 11.3 Å². The van der Waals surface area contributed by atoms with Crippen LogP contribution in [0, 0.1) is 0 Å². The van der Waals surface area contributed by atoms with Gasteiger partial charge in [0.2, 0.25) is 5.91 Å². The number of nitrogens with zero attached hydrogens (tertiary/aromatic N) is 1. The van der Waals surface area contributed by atoms with Gasteiger partial charge in [0.1, 0.15) is 6.04 Å². The number of carbonyl (C=O) groups is 1. The molecule has 0 bridgehead atoms. The standard InChI is InChI=1S/C10H14BrN3OS/c11-9-3-7(6-16-9)5-14-2-1-13-4-8(14)10(12)15/h3,6,8,13H,1-2,4-5H2,(H2,12,15). The van der Waals surface area contributed by atoms with Gasteiger partial charge in [-0.1, -0.05) is 0 Å². The average Bonchev–Trinajstić information content (AvgIpc) is 2.64. The third-order valence-electron chi connectivity index (χ3n) is 2.69. The Kier molecular flexibility index (Phi) is 3.96. The fourth-order valence-electron chi connectivity index (χ4n) is 1.88. The third-order valence-corrected chi connectivity index (χ3v) is 4.24. The van der Waals surface area contributed by atoms with Crippen molar-refractivity contribution in [1.29, 1.82) is 0 Å². The van der Waals surface area contributed by atoms with Gasteiger partial charge in [0.05, 0.1) is 3.79 Å². The van der Waals surface area contributed by atoms with Gasteiger partial charge in [-0.3, -0.25) is 9.69 Å². The quantitative estimate of drug-likeness (QED) is 0.867. The van der Waals surface area contributed by atoms with Gasteiger partial charge in [0, 0.05) is 26.2 Å². The highest BCUT2D eigenvalue weighted by Gasteiger charge is 2.26. The number of halogens is 1. The predicted octanol–water partition coefficient (Wildman–Crippen LogP) is 0.770. The average molecular weight is 304 g/mol. The first-order chi connectivity index (χ1) is 7.66. The summed E-state index contributed by atoms with van der Waals surface area (Å²) in [6.45, 7) is 3.22. The van der Waals surface area contributed by atoms with E-state index in [1.807, 2.05) is 0 Å². The Balaban J connectivity index is 2.03. The first-order valence-corrected chi connectivity index (χ1v) is 6.81. The number of nitrogens with one attached hydrogen (secondary N) is 1. The van der Waals surface area contributed by atoms with Crippen molar-refractivity contribution in [2.24, 2.45) is 5.73 Å². The molecular weight excluding hydrogens is 290 g/mol. The summed E-state index contributed by atoms with van der Waals surface area (Å²) >= 11 is 5.10. The van der Waals surface area contributed by atoms with Crippen molar-refractivity contribution < 1.29 is 4.79 Å². The molecule has 1 aromatic rings. The van der Waals surface area contributed by atoms with Crippen molar-refractivity contribution in [1.82, 2.24) is 10.2 Å². The molecule has 1 aromatic heterocycles. The largest absolute Gasteiger partial charge is 0.368 e. The van der Waals surface area contributed by atoms with Gasteiger partial charge in [-0.2, -0.15) is 0 Å². The van der Waals surface area contributed by atoms with Gasteiger partial charge in [-0.15, -0.1) is 11.3 Å². The second-order valence-electron chi connectivity index (χ2n) is 3.85. The van der Waals surface area contributed by atoms with E-state index in [1.165, 1.54) is 5.56 Å². The molecule has 0 saturated carbocycles. The molecule has 6 heteroatoms. The van der Waals surface area contributed by atoms with Crippen LogP contribution in [0.3, 0.4) is 0 Å². The van der Waals surface area contributed by atoms with Gasteiger partial charge in [0.15, 0.2) is 0 Å². The Morgan fingerprint density at radius 1 is 1.75 bits per heavy atom. The number of rotatable bonds is 3. The molecule has 1 aliphatic rings. The van der Waals surface area contributed by atoms with Crippen LogP contribution >= 0.6 is 27.3 Å². The Bertz CT molecular complexity index is 382. The van der Waals surface area contributed by atoms with E-state index in [4.69, 9.17) is 5.73 Å². The predicted molar refractivity (Wildman–Crippen MR) is 68.3 cm³/mol. The molecule has 1 amide bonds. The molecular formula is C10H14BrN3OS. The first kappa shape index (κ1) is 12.0. The van der Waals surface area contributed by atoms with Crippen molar-refractivity contribution in [2.75, 3.05) is 19.6 Å². The summed E-state index contributed by atoms with van der Waals surface area (Å²) in [5.41, 5.74) is 6.62. The summed E-state index contributed by atoms with van der Waals surface area (Å²) in [6, 6.07) is 1.90. The molecule has 1 atom stereocenters. The van der Waals surface area contributed by atoms with Crippen molar-refractivity contribution >= 4 is 33.2 Å². The molecule has 4 nitrogen and oxygen atoms in total. The Hall–Kier alpha value is -0.430. The molecule has 0 aromatic carbocycles. The van der Waals surface area contributed by atoms with Crippen LogP contribution in [0.25, 0.3) is 0 Å². The highest BCUT2D eigenvalue weighted by atomic mass is 79.9. The van der Waals surface area contributed by atoms with Gasteiger partial charge >= 0.3 is 0 Å². The Morgan fingerprint density at radius 2 is 2.56 bits per heavy atom. The van der Waals surface area contributed by atoms with E-state index in [0.29, 0.717) is 6.54 Å². The maximum absolute atomic E-state index is 11.3. The first-order valence-electron chi connectivity index (χ1n) is 5.14. The lowest BCUT2D eigenvalue weighted by Gasteiger charge is -2.33. The van der Waals surface area contributed by atoms with E-state index in [-0.39, 0.29) is 11.9 Å². The summed E-state index contributed by atoms with van der Waals surface area (Å²) in [4.78, 5) is 13.4. The summed E-state index contributed by atoms with van der Waals surface area (Å²) in [5.74, 6) is -0.249. The molecule has 1 fully saturated rings. The summed E-state index contributed by atoms with van der Waals surface area (Å²) < 4.78 is 1.12. The van der Waals surface area contributed by atoms with Gasteiger partial charge in [-0.25, -0.2) is 0 Å². The van der Waals surface area contributed by atoms with E-state index in [9.17, 15) is 4.79 Å². The van der Waals surface area contributed by atoms with Crippen molar-refractivity contribution in [3.05, 3.63) is 20.8 Å². The summed E-state index contributed by atoms with van der Waals surface area (Å²) in [6.07, 6.45) is 0. The number of nitrogens with two attached hydrogens (primary N) is 1. The van der Waals surface area contributed by atoms with E-state index in [2.05, 4.69) is 37.6 Å².